The fourth-order valence-corrected chi connectivity index (χ4v) is 4.89. The van der Waals surface area contributed by atoms with Crippen molar-refractivity contribution in [2.24, 2.45) is 0 Å². The van der Waals surface area contributed by atoms with Crippen molar-refractivity contribution in [1.29, 1.82) is 0 Å². The van der Waals surface area contributed by atoms with Gasteiger partial charge in [-0.25, -0.2) is 0 Å². The minimum Gasteiger partial charge on any atom is -0.0620 e. The fourth-order valence-electron chi connectivity index (χ4n) is 2.31. The molecule has 0 unspecified atom stereocenters. The quantitative estimate of drug-likeness (QED) is 0.425. The van der Waals surface area contributed by atoms with E-state index in [1.807, 2.05) is 0 Å². The Labute approximate surface area is 149 Å². The first-order chi connectivity index (χ1) is 11.2. The number of benzene rings is 3. The first-order valence-electron chi connectivity index (χ1n) is 7.98. The molecule has 0 bridgehead atoms. The predicted molar refractivity (Wildman–Crippen MR) is 110 cm³/mol. The molecule has 0 aliphatic rings. The van der Waals surface area contributed by atoms with E-state index in [1.165, 1.54) is 15.9 Å². The summed E-state index contributed by atoms with van der Waals surface area (Å²) in [6.45, 7) is 0. The molecule has 0 aliphatic carbocycles. The van der Waals surface area contributed by atoms with Crippen LogP contribution >= 0.6 is 7.92 Å². The van der Waals surface area contributed by atoms with Gasteiger partial charge in [0.05, 0.1) is 7.92 Å². The SMILES string of the molecule is [CH3][Sn]([CH3])[CH3].c1ccc([PH+](c2ccccc2)c2ccccc2)cc1. The van der Waals surface area contributed by atoms with Crippen molar-refractivity contribution in [2.75, 3.05) is 0 Å². The van der Waals surface area contributed by atoms with Crippen LogP contribution in [0.25, 0.3) is 0 Å². The first-order valence-corrected chi connectivity index (χ1v) is 18.0. The molecule has 3 rings (SSSR count). The van der Waals surface area contributed by atoms with Gasteiger partial charge in [-0.2, -0.15) is 0 Å². The van der Waals surface area contributed by atoms with Gasteiger partial charge in [-0.3, -0.25) is 0 Å². The van der Waals surface area contributed by atoms with Crippen molar-refractivity contribution in [1.82, 2.24) is 0 Å². The van der Waals surface area contributed by atoms with Crippen LogP contribution in [0, 0.1) is 0 Å². The molecule has 0 amide bonds. The van der Waals surface area contributed by atoms with E-state index in [-0.39, 0.29) is 0 Å². The molecule has 1 radical (unpaired) electrons. The van der Waals surface area contributed by atoms with Crippen LogP contribution in [0.1, 0.15) is 0 Å². The Bertz CT molecular complexity index is 569. The molecule has 3 aromatic carbocycles. The Morgan fingerprint density at radius 3 is 0.913 bits per heavy atom. The number of rotatable bonds is 3. The Morgan fingerprint density at radius 2 is 0.696 bits per heavy atom. The average molecular weight is 427 g/mol. The van der Waals surface area contributed by atoms with E-state index in [4.69, 9.17) is 0 Å². The summed E-state index contributed by atoms with van der Waals surface area (Å²) in [4.78, 5) is 7.09. The van der Waals surface area contributed by atoms with Crippen molar-refractivity contribution < 1.29 is 0 Å². The predicted octanol–water partition coefficient (Wildman–Crippen LogP) is 4.55. The molecular weight excluding hydrogens is 402 g/mol. The summed E-state index contributed by atoms with van der Waals surface area (Å²) < 4.78 is 0. The Morgan fingerprint density at radius 1 is 0.478 bits per heavy atom. The Hall–Kier alpha value is -1.11. The van der Waals surface area contributed by atoms with E-state index in [0.29, 0.717) is 0 Å². The summed E-state index contributed by atoms with van der Waals surface area (Å²) in [5.74, 6) is 0. The van der Waals surface area contributed by atoms with Crippen LogP contribution in [0.5, 0.6) is 0 Å². The van der Waals surface area contributed by atoms with Gasteiger partial charge < -0.3 is 0 Å². The van der Waals surface area contributed by atoms with E-state index >= 15 is 0 Å². The van der Waals surface area contributed by atoms with Crippen LogP contribution in [0.2, 0.25) is 14.8 Å². The molecule has 0 aromatic heterocycles. The molecule has 0 aliphatic heterocycles. The van der Waals surface area contributed by atoms with Crippen molar-refractivity contribution in [2.45, 2.75) is 14.8 Å². The van der Waals surface area contributed by atoms with Crippen LogP contribution in [-0.4, -0.2) is 19.8 Å². The van der Waals surface area contributed by atoms with Gasteiger partial charge in [0.15, 0.2) is 0 Å². The monoisotopic (exact) mass is 428 g/mol. The minimum atomic E-state index is -0.877. The second-order valence-electron chi connectivity index (χ2n) is 5.97. The van der Waals surface area contributed by atoms with Gasteiger partial charge in [-0.05, 0) is 36.4 Å². The van der Waals surface area contributed by atoms with Gasteiger partial charge in [0.1, 0.15) is 15.9 Å². The van der Waals surface area contributed by atoms with E-state index in [0.717, 1.165) is 0 Å². The van der Waals surface area contributed by atoms with E-state index in [9.17, 15) is 0 Å². The molecule has 2 heteroatoms. The molecule has 0 N–H and O–H groups in total. The Balaban J connectivity index is 0.000000433. The fraction of sp³-hybridized carbons (Fsp3) is 0.143. The maximum Gasteiger partial charge on any atom is 0.102 e. The van der Waals surface area contributed by atoms with Crippen molar-refractivity contribution >= 4 is 43.6 Å². The maximum atomic E-state index is 2.36. The Kier molecular flexibility index (Phi) is 7.85. The minimum absolute atomic E-state index is 0.543. The molecule has 0 saturated carbocycles. The molecule has 0 fully saturated rings. The zero-order valence-electron chi connectivity index (χ0n) is 14.2. The van der Waals surface area contributed by atoms with Crippen molar-refractivity contribution in [3.63, 3.8) is 0 Å². The second-order valence-corrected chi connectivity index (χ2v) is 17.0. The van der Waals surface area contributed by atoms with Crippen molar-refractivity contribution in [3.05, 3.63) is 91.0 Å². The van der Waals surface area contributed by atoms with E-state index < -0.39 is 27.7 Å². The molecule has 0 atom stereocenters. The topological polar surface area (TPSA) is 0 Å². The number of hydrogen-bond donors (Lipinski definition) is 0. The third-order valence-corrected chi connectivity index (χ3v) is 5.92. The maximum absolute atomic E-state index is 2.36. The second kappa shape index (κ2) is 9.90. The third kappa shape index (κ3) is 6.12. The molecule has 23 heavy (non-hydrogen) atoms. The summed E-state index contributed by atoms with van der Waals surface area (Å²) >= 11 is -0.543. The van der Waals surface area contributed by atoms with Crippen LogP contribution in [-0.2, 0) is 0 Å². The largest absolute Gasteiger partial charge is 0.102 e. The average Bonchev–Trinajstić information content (AvgIpc) is 2.58. The van der Waals surface area contributed by atoms with Crippen LogP contribution in [0.15, 0.2) is 91.0 Å². The summed E-state index contributed by atoms with van der Waals surface area (Å²) in [7, 11) is -0.877. The van der Waals surface area contributed by atoms with Gasteiger partial charge in [-0.1, -0.05) is 54.6 Å². The molecule has 0 spiro atoms. The number of hydrogen-bond acceptors (Lipinski definition) is 0. The summed E-state index contributed by atoms with van der Waals surface area (Å²) in [6, 6.07) is 32.5. The molecule has 0 nitrogen and oxygen atoms in total. The zero-order chi connectivity index (χ0) is 16.5. The third-order valence-electron chi connectivity index (χ3n) is 3.19. The van der Waals surface area contributed by atoms with Crippen LogP contribution in [0.4, 0.5) is 0 Å². The summed E-state index contributed by atoms with van der Waals surface area (Å²) in [5, 5.41) is 4.31. The van der Waals surface area contributed by atoms with Crippen LogP contribution in [0.3, 0.4) is 0 Å². The van der Waals surface area contributed by atoms with E-state index in [2.05, 4.69) is 106 Å². The van der Waals surface area contributed by atoms with Crippen molar-refractivity contribution in [3.8, 4) is 0 Å². The first kappa shape index (κ1) is 18.2. The smallest absolute Gasteiger partial charge is 0.0620 e. The molecule has 0 heterocycles. The standard InChI is InChI=1S/C18H15P.3CH3.Sn/c1-4-10-16(11-5-1)19(17-12-6-2-7-13-17)18-14-8-3-9-15-18;;;;/h1-15H;3*1H3;/p+1. The van der Waals surface area contributed by atoms with Crippen LogP contribution < -0.4 is 15.9 Å². The molecule has 3 aromatic rings. The van der Waals surface area contributed by atoms with Gasteiger partial charge >= 0.3 is 34.6 Å². The van der Waals surface area contributed by atoms with Gasteiger partial charge in [-0.15, -0.1) is 0 Å². The molecule has 0 saturated heterocycles. The molecular formula is C21H25PSn+. The van der Waals surface area contributed by atoms with Gasteiger partial charge in [0, 0.05) is 0 Å². The van der Waals surface area contributed by atoms with Gasteiger partial charge in [0.2, 0.25) is 0 Å². The normalized spacial score (nSPS) is 10.3. The van der Waals surface area contributed by atoms with Gasteiger partial charge in [0.25, 0.3) is 0 Å². The van der Waals surface area contributed by atoms with E-state index in [1.54, 1.807) is 0 Å². The zero-order valence-corrected chi connectivity index (χ0v) is 18.0. The summed E-state index contributed by atoms with van der Waals surface area (Å²) in [6.07, 6.45) is 0. The summed E-state index contributed by atoms with van der Waals surface area (Å²) in [5.41, 5.74) is 0. The molecule has 117 valence electrons.